The molecule has 2 rings (SSSR count). The van der Waals surface area contributed by atoms with Crippen molar-refractivity contribution in [3.63, 3.8) is 0 Å². The summed E-state index contributed by atoms with van der Waals surface area (Å²) in [6.07, 6.45) is 3.30. The Morgan fingerprint density at radius 3 is 2.71 bits per heavy atom. The first kappa shape index (κ1) is 18.3. The molecule has 2 aromatic rings. The number of carbonyl (C=O) groups excluding carboxylic acids is 1. The number of nitrogens with one attached hydrogen (secondary N) is 1. The number of carbonyl (C=O) groups is 1. The molecule has 2 aromatic carbocycles. The topological polar surface area (TPSA) is 38.3 Å². The summed E-state index contributed by atoms with van der Waals surface area (Å²) in [5.74, 6) is 0.943. The van der Waals surface area contributed by atoms with Gasteiger partial charge < -0.3 is 10.1 Å². The molecule has 0 aliphatic rings. The van der Waals surface area contributed by atoms with Crippen molar-refractivity contribution in [1.82, 2.24) is 0 Å². The van der Waals surface area contributed by atoms with Gasteiger partial charge in [0.2, 0.25) is 5.91 Å². The van der Waals surface area contributed by atoms with Crippen LogP contribution in [0.15, 0.2) is 53.0 Å². The summed E-state index contributed by atoms with van der Waals surface area (Å²) in [4.78, 5) is 12.3. The fourth-order valence-corrected chi connectivity index (χ4v) is 2.77. The molecule has 0 aliphatic carbocycles. The highest BCUT2D eigenvalue weighted by Crippen LogP contribution is 2.25. The standard InChI is InChI=1S/C20H22BrNO2/c1-4-24-19-11-10-16(21)13-15(19)9-12-20(23)22-18-8-6-5-7-17(18)14(2)3/h5-14H,4H2,1-3H3,(H,22,23)/b12-9+. The fourth-order valence-electron chi connectivity index (χ4n) is 2.39. The summed E-state index contributed by atoms with van der Waals surface area (Å²) in [6.45, 7) is 6.73. The van der Waals surface area contributed by atoms with Crippen LogP contribution >= 0.6 is 15.9 Å². The van der Waals surface area contributed by atoms with Crippen molar-refractivity contribution in [1.29, 1.82) is 0 Å². The lowest BCUT2D eigenvalue weighted by atomic mass is 10.0. The Morgan fingerprint density at radius 1 is 1.25 bits per heavy atom. The molecule has 0 bridgehead atoms. The number of hydrogen-bond donors (Lipinski definition) is 1. The molecule has 0 unspecified atom stereocenters. The van der Waals surface area contributed by atoms with Gasteiger partial charge in [-0.15, -0.1) is 0 Å². The Labute approximate surface area is 151 Å². The van der Waals surface area contributed by atoms with Gasteiger partial charge in [0, 0.05) is 21.8 Å². The maximum absolute atomic E-state index is 12.3. The summed E-state index contributed by atoms with van der Waals surface area (Å²) >= 11 is 3.44. The smallest absolute Gasteiger partial charge is 0.248 e. The molecule has 126 valence electrons. The molecule has 0 saturated carbocycles. The van der Waals surface area contributed by atoms with Crippen LogP contribution < -0.4 is 10.1 Å². The highest BCUT2D eigenvalue weighted by Gasteiger charge is 2.08. The van der Waals surface area contributed by atoms with Crippen molar-refractivity contribution in [2.24, 2.45) is 0 Å². The van der Waals surface area contributed by atoms with Crippen LogP contribution in [-0.2, 0) is 4.79 Å². The maximum Gasteiger partial charge on any atom is 0.248 e. The normalized spacial score (nSPS) is 11.0. The van der Waals surface area contributed by atoms with Crippen molar-refractivity contribution in [3.8, 4) is 5.75 Å². The second-order valence-electron chi connectivity index (χ2n) is 5.68. The molecule has 0 aromatic heterocycles. The van der Waals surface area contributed by atoms with E-state index < -0.39 is 0 Å². The molecular formula is C20H22BrNO2. The van der Waals surface area contributed by atoms with E-state index in [1.807, 2.05) is 49.4 Å². The molecule has 0 atom stereocenters. The summed E-state index contributed by atoms with van der Waals surface area (Å²) in [5, 5.41) is 2.95. The number of amides is 1. The Balaban J connectivity index is 2.16. The summed E-state index contributed by atoms with van der Waals surface area (Å²) in [5.41, 5.74) is 2.83. The van der Waals surface area contributed by atoms with Gasteiger partial charge >= 0.3 is 0 Å². The third-order valence-electron chi connectivity index (χ3n) is 3.53. The molecular weight excluding hydrogens is 366 g/mol. The van der Waals surface area contributed by atoms with Crippen LogP contribution in [0.2, 0.25) is 0 Å². The molecule has 24 heavy (non-hydrogen) atoms. The zero-order chi connectivity index (χ0) is 17.5. The minimum Gasteiger partial charge on any atom is -0.493 e. The molecule has 3 nitrogen and oxygen atoms in total. The number of hydrogen-bond acceptors (Lipinski definition) is 2. The summed E-state index contributed by atoms with van der Waals surface area (Å²) in [6, 6.07) is 13.6. The molecule has 1 amide bonds. The first-order valence-corrected chi connectivity index (χ1v) is 8.81. The van der Waals surface area contributed by atoms with E-state index in [2.05, 4.69) is 35.1 Å². The van der Waals surface area contributed by atoms with Gasteiger partial charge in [-0.3, -0.25) is 4.79 Å². The minimum atomic E-state index is -0.162. The molecule has 1 N–H and O–H groups in total. The van der Waals surface area contributed by atoms with Crippen molar-refractivity contribution in [2.45, 2.75) is 26.7 Å². The van der Waals surface area contributed by atoms with Gasteiger partial charge in [0.25, 0.3) is 0 Å². The number of rotatable bonds is 6. The van der Waals surface area contributed by atoms with Crippen molar-refractivity contribution in [2.75, 3.05) is 11.9 Å². The van der Waals surface area contributed by atoms with E-state index >= 15 is 0 Å². The van der Waals surface area contributed by atoms with E-state index in [0.29, 0.717) is 12.5 Å². The number of anilines is 1. The number of benzene rings is 2. The summed E-state index contributed by atoms with van der Waals surface area (Å²) in [7, 11) is 0. The SMILES string of the molecule is CCOc1ccc(Br)cc1/C=C/C(=O)Nc1ccccc1C(C)C. The molecule has 0 radical (unpaired) electrons. The van der Waals surface area contributed by atoms with Crippen LogP contribution in [0.25, 0.3) is 6.08 Å². The van der Waals surface area contributed by atoms with E-state index in [0.717, 1.165) is 27.0 Å². The lowest BCUT2D eigenvalue weighted by Gasteiger charge is -2.12. The fraction of sp³-hybridized carbons (Fsp3) is 0.250. The Kier molecular flexibility index (Phi) is 6.62. The van der Waals surface area contributed by atoms with Crippen LogP contribution in [-0.4, -0.2) is 12.5 Å². The van der Waals surface area contributed by atoms with Crippen LogP contribution in [0.3, 0.4) is 0 Å². The highest BCUT2D eigenvalue weighted by atomic mass is 79.9. The van der Waals surface area contributed by atoms with Gasteiger partial charge in [-0.05, 0) is 48.7 Å². The van der Waals surface area contributed by atoms with Crippen LogP contribution in [0.4, 0.5) is 5.69 Å². The zero-order valence-electron chi connectivity index (χ0n) is 14.2. The van der Waals surface area contributed by atoms with Crippen molar-refractivity contribution < 1.29 is 9.53 Å². The summed E-state index contributed by atoms with van der Waals surface area (Å²) < 4.78 is 6.53. The lowest BCUT2D eigenvalue weighted by molar-refractivity contribution is -0.111. The van der Waals surface area contributed by atoms with Gasteiger partial charge in [0.1, 0.15) is 5.75 Å². The van der Waals surface area contributed by atoms with E-state index in [1.54, 1.807) is 6.08 Å². The van der Waals surface area contributed by atoms with Gasteiger partial charge in [0.15, 0.2) is 0 Å². The quantitative estimate of drug-likeness (QED) is 0.652. The predicted molar refractivity (Wildman–Crippen MR) is 104 cm³/mol. The van der Waals surface area contributed by atoms with Crippen LogP contribution in [0.1, 0.15) is 37.8 Å². The third kappa shape index (κ3) is 4.96. The van der Waals surface area contributed by atoms with E-state index in [-0.39, 0.29) is 5.91 Å². The average molecular weight is 388 g/mol. The highest BCUT2D eigenvalue weighted by molar-refractivity contribution is 9.10. The third-order valence-corrected chi connectivity index (χ3v) is 4.02. The molecule has 0 fully saturated rings. The van der Waals surface area contributed by atoms with Gasteiger partial charge in [-0.25, -0.2) is 0 Å². The van der Waals surface area contributed by atoms with Crippen LogP contribution in [0.5, 0.6) is 5.75 Å². The van der Waals surface area contributed by atoms with E-state index in [4.69, 9.17) is 4.74 Å². The van der Waals surface area contributed by atoms with Gasteiger partial charge in [-0.2, -0.15) is 0 Å². The second kappa shape index (κ2) is 8.69. The van der Waals surface area contributed by atoms with Gasteiger partial charge in [-0.1, -0.05) is 48.0 Å². The lowest BCUT2D eigenvalue weighted by Crippen LogP contribution is -2.10. The zero-order valence-corrected chi connectivity index (χ0v) is 15.8. The molecule has 0 spiro atoms. The molecule has 4 heteroatoms. The number of halogens is 1. The molecule has 0 saturated heterocycles. The largest absolute Gasteiger partial charge is 0.493 e. The van der Waals surface area contributed by atoms with E-state index in [9.17, 15) is 4.79 Å². The predicted octanol–water partition coefficient (Wildman–Crippen LogP) is 5.62. The van der Waals surface area contributed by atoms with Crippen molar-refractivity contribution >= 4 is 33.6 Å². The Hall–Kier alpha value is -2.07. The minimum absolute atomic E-state index is 0.162. The monoisotopic (exact) mass is 387 g/mol. The molecule has 0 aliphatic heterocycles. The van der Waals surface area contributed by atoms with E-state index in [1.165, 1.54) is 6.08 Å². The average Bonchev–Trinajstić information content (AvgIpc) is 2.55. The molecule has 0 heterocycles. The first-order valence-electron chi connectivity index (χ1n) is 8.01. The van der Waals surface area contributed by atoms with Crippen molar-refractivity contribution in [3.05, 3.63) is 64.1 Å². The maximum atomic E-state index is 12.3. The van der Waals surface area contributed by atoms with Gasteiger partial charge in [0.05, 0.1) is 6.61 Å². The Bertz CT molecular complexity index is 738. The Morgan fingerprint density at radius 2 is 2.00 bits per heavy atom. The number of para-hydroxylation sites is 1. The number of ether oxygens (including phenoxy) is 1. The first-order chi connectivity index (χ1) is 11.5. The second-order valence-corrected chi connectivity index (χ2v) is 6.60. The van der Waals surface area contributed by atoms with Crippen LogP contribution in [0, 0.1) is 0 Å².